The smallest absolute Gasteiger partial charge is 0.246 e. The standard InChI is InChI=1S/C22H24N4O3/c1-16(18-7-9-19(10-8-18)26-15-23-14-24-26)25(2)22(27)12-6-17-5-11-20(28-3)21(13-17)29-4/h5-16H,1-4H3/b12-6+. The zero-order valence-electron chi connectivity index (χ0n) is 16.9. The van der Waals surface area contributed by atoms with Gasteiger partial charge in [0.2, 0.25) is 5.91 Å². The molecule has 3 aromatic rings. The van der Waals surface area contributed by atoms with E-state index in [2.05, 4.69) is 10.1 Å². The minimum Gasteiger partial charge on any atom is -0.493 e. The molecule has 29 heavy (non-hydrogen) atoms. The first-order valence-electron chi connectivity index (χ1n) is 9.15. The van der Waals surface area contributed by atoms with Gasteiger partial charge in [0.05, 0.1) is 25.9 Å². The van der Waals surface area contributed by atoms with Crippen molar-refractivity contribution in [2.24, 2.45) is 0 Å². The van der Waals surface area contributed by atoms with Gasteiger partial charge in [-0.1, -0.05) is 18.2 Å². The van der Waals surface area contributed by atoms with Crippen LogP contribution in [0.5, 0.6) is 11.5 Å². The molecule has 1 heterocycles. The molecule has 0 bridgehead atoms. The van der Waals surface area contributed by atoms with Crippen LogP contribution in [0, 0.1) is 0 Å². The van der Waals surface area contributed by atoms with Gasteiger partial charge in [-0.25, -0.2) is 9.67 Å². The van der Waals surface area contributed by atoms with Crippen LogP contribution in [0.3, 0.4) is 0 Å². The predicted octanol–water partition coefficient (Wildman–Crippen LogP) is 3.52. The highest BCUT2D eigenvalue weighted by Gasteiger charge is 2.15. The normalized spacial score (nSPS) is 12.0. The number of likely N-dealkylation sites (N-methyl/N-ethyl adjacent to an activating group) is 1. The molecular weight excluding hydrogens is 368 g/mol. The SMILES string of the molecule is COc1ccc(/C=C/C(=O)N(C)C(C)c2ccc(-n3cncn3)cc2)cc1OC. The Hall–Kier alpha value is -3.61. The fourth-order valence-electron chi connectivity index (χ4n) is 2.90. The van der Waals surface area contributed by atoms with Gasteiger partial charge >= 0.3 is 0 Å². The predicted molar refractivity (Wildman–Crippen MR) is 111 cm³/mol. The number of rotatable bonds is 7. The van der Waals surface area contributed by atoms with Gasteiger partial charge in [-0.05, 0) is 48.4 Å². The molecule has 0 fully saturated rings. The van der Waals surface area contributed by atoms with Crippen molar-refractivity contribution in [3.05, 3.63) is 72.3 Å². The molecule has 150 valence electrons. The van der Waals surface area contributed by atoms with E-state index in [1.807, 2.05) is 49.4 Å². The summed E-state index contributed by atoms with van der Waals surface area (Å²) in [6.45, 7) is 1.99. The van der Waals surface area contributed by atoms with Crippen LogP contribution in [-0.4, -0.2) is 46.8 Å². The number of ether oxygens (including phenoxy) is 2. The van der Waals surface area contributed by atoms with Gasteiger partial charge in [-0.2, -0.15) is 5.10 Å². The second-order valence-corrected chi connectivity index (χ2v) is 6.50. The zero-order chi connectivity index (χ0) is 20.8. The van der Waals surface area contributed by atoms with Crippen LogP contribution in [0.2, 0.25) is 0 Å². The number of carbonyl (C=O) groups excluding carboxylic acids is 1. The fourth-order valence-corrected chi connectivity index (χ4v) is 2.90. The van der Waals surface area contributed by atoms with Crippen LogP contribution in [0.25, 0.3) is 11.8 Å². The molecule has 0 aliphatic heterocycles. The van der Waals surface area contributed by atoms with E-state index in [0.717, 1.165) is 16.8 Å². The maximum atomic E-state index is 12.6. The number of aromatic nitrogens is 3. The number of carbonyl (C=O) groups is 1. The van der Waals surface area contributed by atoms with Crippen molar-refractivity contribution < 1.29 is 14.3 Å². The topological polar surface area (TPSA) is 69.5 Å². The van der Waals surface area contributed by atoms with E-state index in [1.165, 1.54) is 6.33 Å². The Kier molecular flexibility index (Phi) is 6.29. The summed E-state index contributed by atoms with van der Waals surface area (Å²) in [6.07, 6.45) is 6.46. The molecule has 0 spiro atoms. The molecular formula is C22H24N4O3. The van der Waals surface area contributed by atoms with Gasteiger partial charge < -0.3 is 14.4 Å². The third-order valence-electron chi connectivity index (χ3n) is 4.81. The van der Waals surface area contributed by atoms with Crippen molar-refractivity contribution in [2.75, 3.05) is 21.3 Å². The molecule has 0 N–H and O–H groups in total. The molecule has 7 nitrogen and oxygen atoms in total. The van der Waals surface area contributed by atoms with Crippen molar-refractivity contribution in [3.63, 3.8) is 0 Å². The first-order chi connectivity index (χ1) is 14.0. The van der Waals surface area contributed by atoms with Crippen LogP contribution in [0.15, 0.2) is 61.2 Å². The highest BCUT2D eigenvalue weighted by molar-refractivity contribution is 5.92. The highest BCUT2D eigenvalue weighted by Crippen LogP contribution is 2.28. The van der Waals surface area contributed by atoms with Crippen molar-refractivity contribution >= 4 is 12.0 Å². The first kappa shape index (κ1) is 20.1. The molecule has 0 saturated carbocycles. The lowest BCUT2D eigenvalue weighted by Crippen LogP contribution is -2.27. The van der Waals surface area contributed by atoms with E-state index in [0.29, 0.717) is 11.5 Å². The third-order valence-corrected chi connectivity index (χ3v) is 4.81. The van der Waals surface area contributed by atoms with E-state index in [4.69, 9.17) is 9.47 Å². The van der Waals surface area contributed by atoms with E-state index < -0.39 is 0 Å². The van der Waals surface area contributed by atoms with Gasteiger partial charge in [-0.15, -0.1) is 0 Å². The Morgan fingerprint density at radius 3 is 2.45 bits per heavy atom. The molecule has 7 heteroatoms. The summed E-state index contributed by atoms with van der Waals surface area (Å²) in [6, 6.07) is 13.3. The Morgan fingerprint density at radius 2 is 1.83 bits per heavy atom. The lowest BCUT2D eigenvalue weighted by Gasteiger charge is -2.24. The lowest BCUT2D eigenvalue weighted by molar-refractivity contribution is -0.126. The largest absolute Gasteiger partial charge is 0.493 e. The fraction of sp³-hybridized carbons (Fsp3) is 0.227. The second-order valence-electron chi connectivity index (χ2n) is 6.50. The molecule has 2 aromatic carbocycles. The molecule has 1 unspecified atom stereocenters. The summed E-state index contributed by atoms with van der Waals surface area (Å²) in [4.78, 5) is 18.3. The summed E-state index contributed by atoms with van der Waals surface area (Å²) in [7, 11) is 4.96. The lowest BCUT2D eigenvalue weighted by atomic mass is 10.1. The third kappa shape index (κ3) is 4.63. The molecule has 0 aliphatic carbocycles. The highest BCUT2D eigenvalue weighted by atomic mass is 16.5. The Bertz CT molecular complexity index is 982. The van der Waals surface area contributed by atoms with Crippen molar-refractivity contribution in [2.45, 2.75) is 13.0 Å². The number of amides is 1. The van der Waals surface area contributed by atoms with Crippen molar-refractivity contribution in [3.8, 4) is 17.2 Å². The van der Waals surface area contributed by atoms with Crippen LogP contribution in [0.4, 0.5) is 0 Å². The summed E-state index contributed by atoms with van der Waals surface area (Å²) in [5.74, 6) is 1.18. The summed E-state index contributed by atoms with van der Waals surface area (Å²) < 4.78 is 12.2. The monoisotopic (exact) mass is 392 g/mol. The molecule has 1 atom stereocenters. The maximum Gasteiger partial charge on any atom is 0.246 e. The average Bonchev–Trinajstić information content (AvgIpc) is 3.31. The molecule has 1 aromatic heterocycles. The van der Waals surface area contributed by atoms with E-state index in [-0.39, 0.29) is 11.9 Å². The van der Waals surface area contributed by atoms with Crippen molar-refractivity contribution in [1.29, 1.82) is 0 Å². The minimum atomic E-state index is -0.0902. The first-order valence-corrected chi connectivity index (χ1v) is 9.15. The van der Waals surface area contributed by atoms with Gasteiger partial charge in [0.25, 0.3) is 0 Å². The van der Waals surface area contributed by atoms with E-state index in [9.17, 15) is 4.79 Å². The summed E-state index contributed by atoms with van der Waals surface area (Å²) in [5, 5.41) is 4.12. The van der Waals surface area contributed by atoms with Gasteiger partial charge in [-0.3, -0.25) is 4.79 Å². The van der Waals surface area contributed by atoms with Crippen LogP contribution >= 0.6 is 0 Å². The Morgan fingerprint density at radius 1 is 1.10 bits per heavy atom. The van der Waals surface area contributed by atoms with Crippen molar-refractivity contribution in [1.82, 2.24) is 19.7 Å². The van der Waals surface area contributed by atoms with Gasteiger partial charge in [0, 0.05) is 13.1 Å². The molecule has 1 amide bonds. The maximum absolute atomic E-state index is 12.6. The summed E-state index contributed by atoms with van der Waals surface area (Å²) in [5.41, 5.74) is 2.80. The van der Waals surface area contributed by atoms with Crippen LogP contribution in [0.1, 0.15) is 24.1 Å². The van der Waals surface area contributed by atoms with Crippen LogP contribution < -0.4 is 9.47 Å². The zero-order valence-corrected chi connectivity index (χ0v) is 16.9. The second kappa shape index (κ2) is 9.05. The minimum absolute atomic E-state index is 0.0812. The molecule has 0 saturated heterocycles. The van der Waals surface area contributed by atoms with E-state index in [1.54, 1.807) is 49.3 Å². The van der Waals surface area contributed by atoms with Gasteiger partial charge in [0.1, 0.15) is 12.7 Å². The Labute approximate surface area is 170 Å². The number of benzene rings is 2. The van der Waals surface area contributed by atoms with Gasteiger partial charge in [0.15, 0.2) is 11.5 Å². The summed E-state index contributed by atoms with van der Waals surface area (Å²) >= 11 is 0. The quantitative estimate of drug-likeness (QED) is 0.576. The molecule has 0 aliphatic rings. The average molecular weight is 392 g/mol. The Balaban J connectivity index is 1.68. The number of hydrogen-bond donors (Lipinski definition) is 0. The molecule has 0 radical (unpaired) electrons. The number of nitrogens with zero attached hydrogens (tertiary/aromatic N) is 4. The number of hydrogen-bond acceptors (Lipinski definition) is 5. The molecule has 3 rings (SSSR count). The van der Waals surface area contributed by atoms with E-state index >= 15 is 0 Å². The number of methoxy groups -OCH3 is 2. The van der Waals surface area contributed by atoms with Crippen LogP contribution in [-0.2, 0) is 4.79 Å².